The molecule has 0 amide bonds. The van der Waals surface area contributed by atoms with Crippen LogP contribution in [-0.4, -0.2) is 24.5 Å². The predicted molar refractivity (Wildman–Crippen MR) is 403 cm³/mol. The van der Waals surface area contributed by atoms with Crippen molar-refractivity contribution in [1.29, 1.82) is 0 Å². The van der Waals surface area contributed by atoms with Crippen molar-refractivity contribution >= 4 is 103 Å². The fraction of sp³-hybridized carbons (Fsp3) is 0.0112. The summed E-state index contributed by atoms with van der Waals surface area (Å²) in [5.74, 6) is 1.31. The highest BCUT2D eigenvalue weighted by atomic mass is 79.9. The van der Waals surface area contributed by atoms with Crippen molar-refractivity contribution in [3.05, 3.63) is 343 Å². The van der Waals surface area contributed by atoms with Crippen molar-refractivity contribution in [2.75, 3.05) is 0 Å². The number of rotatable bonds is 7. The molecule has 456 valence electrons. The monoisotopic (exact) mass is 1310 g/mol. The average Bonchev–Trinajstić information content (AvgIpc) is 1.70. The van der Waals surface area contributed by atoms with Gasteiger partial charge in [-0.1, -0.05) is 259 Å². The summed E-state index contributed by atoms with van der Waals surface area (Å²) in [4.78, 5) is 20.1. The lowest BCUT2D eigenvalue weighted by Crippen LogP contribution is -1.95. The fourth-order valence-electron chi connectivity index (χ4n) is 14.1. The topological polar surface area (TPSA) is 82.8 Å². The summed E-state index contributed by atoms with van der Waals surface area (Å²) in [6, 6.07) is 114. The average molecular weight is 1310 g/mol. The van der Waals surface area contributed by atoms with E-state index in [1.165, 1.54) is 66.3 Å². The molecule has 0 saturated heterocycles. The van der Waals surface area contributed by atoms with Gasteiger partial charge in [0.05, 0.1) is 44.6 Å². The molecule has 0 bridgehead atoms. The van der Waals surface area contributed by atoms with Gasteiger partial charge in [0, 0.05) is 64.4 Å². The van der Waals surface area contributed by atoms with Gasteiger partial charge in [-0.15, -0.1) is 0 Å². The van der Waals surface area contributed by atoms with Gasteiger partial charge in [-0.25, -0.2) is 19.9 Å². The van der Waals surface area contributed by atoms with Crippen LogP contribution in [0.5, 0.6) is 0 Å². The molecule has 0 N–H and O–H groups in total. The van der Waals surface area contributed by atoms with Crippen LogP contribution in [0.15, 0.2) is 341 Å². The van der Waals surface area contributed by atoms with Gasteiger partial charge in [0.15, 0.2) is 11.6 Å². The van der Waals surface area contributed by atoms with E-state index in [0.29, 0.717) is 11.6 Å². The summed E-state index contributed by atoms with van der Waals surface area (Å²) >= 11 is 3.56. The van der Waals surface area contributed by atoms with E-state index in [-0.39, 0.29) is 0 Å². The van der Waals surface area contributed by atoms with E-state index in [9.17, 15) is 0 Å². The van der Waals surface area contributed by atoms with Crippen LogP contribution in [0.1, 0.15) is 11.1 Å². The maximum absolute atomic E-state index is 6.62. The van der Waals surface area contributed by atoms with Crippen LogP contribution in [0, 0.1) is 0 Å². The van der Waals surface area contributed by atoms with Crippen LogP contribution in [0.3, 0.4) is 0 Å². The number of fused-ring (bicyclic) bond motifs is 14. The quantitative estimate of drug-likeness (QED) is 0.158. The van der Waals surface area contributed by atoms with Gasteiger partial charge in [-0.3, -0.25) is 0 Å². The Balaban J connectivity index is 0.000000118. The van der Waals surface area contributed by atoms with Gasteiger partial charge in [-0.2, -0.15) is 0 Å². The number of furan rings is 2. The van der Waals surface area contributed by atoms with Crippen LogP contribution in [0.2, 0.25) is 0 Å². The molecule has 0 fully saturated rings. The Bertz CT molecular complexity index is 6240. The molecule has 5 heterocycles. The first-order valence-electron chi connectivity index (χ1n) is 32.6. The highest BCUT2D eigenvalue weighted by molar-refractivity contribution is 9.10. The minimum Gasteiger partial charge on any atom is -0.455 e. The van der Waals surface area contributed by atoms with Crippen molar-refractivity contribution in [3.63, 3.8) is 0 Å². The molecule has 20 rings (SSSR count). The molecule has 0 unspecified atom stereocenters. The molecule has 97 heavy (non-hydrogen) atoms. The highest BCUT2D eigenvalue weighted by Crippen LogP contribution is 2.43. The molecule has 19 aromatic rings. The SMILES string of the molecule is Brc1ccc2oc3c(-c4nc(-c5ccccc5)c5ccccc5n4)cccc3c2c1.c1ccc(-c2ccc3c(c2)-c2ccccc2C3)cc1.c1ccc(-c2ccc3c(c2)c2ccccc2n3-c2ccc3oc4c(-c5nc(-c6ccccc6)c6ccccc6n5)cccc4c3c2)cc1. The molecular formula is C89H56BrN5O2. The Morgan fingerprint density at radius 1 is 0.278 bits per heavy atom. The first-order valence-corrected chi connectivity index (χ1v) is 33.4. The van der Waals surface area contributed by atoms with Gasteiger partial charge >= 0.3 is 0 Å². The summed E-state index contributed by atoms with van der Waals surface area (Å²) < 4.78 is 16.3. The Kier molecular flexibility index (Phi) is 14.3. The van der Waals surface area contributed by atoms with Crippen molar-refractivity contribution in [2.45, 2.75) is 6.42 Å². The first-order chi connectivity index (χ1) is 48.0. The number of benzene rings is 14. The maximum Gasteiger partial charge on any atom is 0.164 e. The van der Waals surface area contributed by atoms with Crippen LogP contribution in [0.4, 0.5) is 0 Å². The second kappa shape index (κ2) is 24.2. The number of para-hydroxylation sites is 5. The second-order valence-electron chi connectivity index (χ2n) is 24.5. The highest BCUT2D eigenvalue weighted by Gasteiger charge is 2.22. The molecule has 0 saturated carbocycles. The maximum atomic E-state index is 6.62. The number of aromatic nitrogens is 5. The summed E-state index contributed by atoms with van der Waals surface area (Å²) in [6.45, 7) is 0. The zero-order valence-corrected chi connectivity index (χ0v) is 53.9. The number of nitrogens with zero attached hydrogens (tertiary/aromatic N) is 5. The molecule has 0 atom stereocenters. The van der Waals surface area contributed by atoms with E-state index in [4.69, 9.17) is 28.8 Å². The molecule has 14 aromatic carbocycles. The third-order valence-corrected chi connectivity index (χ3v) is 19.2. The Labute approximate surface area is 567 Å². The predicted octanol–water partition coefficient (Wildman–Crippen LogP) is 24.2. The molecule has 5 aromatic heterocycles. The van der Waals surface area contributed by atoms with Gasteiger partial charge < -0.3 is 13.4 Å². The minimum atomic E-state index is 0.647. The zero-order valence-electron chi connectivity index (χ0n) is 52.3. The van der Waals surface area contributed by atoms with Gasteiger partial charge in [-0.05, 0) is 136 Å². The molecule has 8 heteroatoms. The Morgan fingerprint density at radius 3 is 1.34 bits per heavy atom. The Hall–Kier alpha value is -12.4. The van der Waals surface area contributed by atoms with Crippen molar-refractivity contribution < 1.29 is 8.83 Å². The number of hydrogen-bond acceptors (Lipinski definition) is 6. The molecule has 1 aliphatic carbocycles. The van der Waals surface area contributed by atoms with Gasteiger partial charge in [0.1, 0.15) is 22.3 Å². The Morgan fingerprint density at radius 2 is 0.732 bits per heavy atom. The van der Waals surface area contributed by atoms with Crippen molar-refractivity contribution in [1.82, 2.24) is 24.5 Å². The first kappa shape index (κ1) is 57.3. The van der Waals surface area contributed by atoms with Gasteiger partial charge in [0.25, 0.3) is 0 Å². The number of halogens is 1. The van der Waals surface area contributed by atoms with Gasteiger partial charge in [0.2, 0.25) is 0 Å². The standard InChI is InChI=1S/C44H27N3O.C26H15BrN2O.C19H14/c1-3-12-28(13-4-1)30-22-24-40-36(26-30)32-16-8-10-21-39(32)47(40)31-23-25-41-37(27-31)33-18-11-19-35(43(33)48-41)44-45-38-20-9-7-17-34(38)42(46-44)29-14-5-2-6-15-29;27-17-13-14-23-21(15-17)18-10-6-11-20(25(18)30-23)26-28-22-12-5-4-9-19(22)24(29-26)16-7-2-1-3-8-16;1-2-6-14(7-3-1)15-10-11-17-12-16-8-4-5-9-18(16)19(17)13-15/h1-27H;1-15H;1-11,13H,12H2. The van der Waals surface area contributed by atoms with E-state index in [1.807, 2.05) is 97.1 Å². The lowest BCUT2D eigenvalue weighted by molar-refractivity contribution is 0.669. The summed E-state index contributed by atoms with van der Waals surface area (Å²) in [5, 5.41) is 8.74. The third kappa shape index (κ3) is 10.4. The smallest absolute Gasteiger partial charge is 0.164 e. The van der Waals surface area contributed by atoms with E-state index in [2.05, 4.69) is 251 Å². The second-order valence-corrected chi connectivity index (χ2v) is 25.4. The third-order valence-electron chi connectivity index (χ3n) is 18.7. The lowest BCUT2D eigenvalue weighted by Gasteiger charge is -2.09. The van der Waals surface area contributed by atoms with Crippen molar-refractivity contribution in [3.8, 4) is 84.4 Å². The molecule has 0 aliphatic heterocycles. The molecular weight excluding hydrogens is 1250 g/mol. The normalized spacial score (nSPS) is 11.7. The summed E-state index contributed by atoms with van der Waals surface area (Å²) in [7, 11) is 0. The van der Waals surface area contributed by atoms with E-state index in [0.717, 1.165) is 116 Å². The lowest BCUT2D eigenvalue weighted by atomic mass is 9.99. The van der Waals surface area contributed by atoms with E-state index in [1.54, 1.807) is 0 Å². The van der Waals surface area contributed by atoms with Crippen LogP contribution >= 0.6 is 15.9 Å². The van der Waals surface area contributed by atoms with Crippen LogP contribution < -0.4 is 0 Å². The molecule has 0 spiro atoms. The van der Waals surface area contributed by atoms with Crippen LogP contribution in [0.25, 0.3) is 172 Å². The minimum absolute atomic E-state index is 0.647. The summed E-state index contributed by atoms with van der Waals surface area (Å²) in [6.07, 6.45) is 1.07. The zero-order chi connectivity index (χ0) is 64.3. The molecule has 0 radical (unpaired) electrons. The largest absolute Gasteiger partial charge is 0.455 e. The van der Waals surface area contributed by atoms with Crippen LogP contribution in [-0.2, 0) is 6.42 Å². The fourth-order valence-corrected chi connectivity index (χ4v) is 14.4. The molecule has 7 nitrogen and oxygen atoms in total. The van der Waals surface area contributed by atoms with E-state index >= 15 is 0 Å². The summed E-state index contributed by atoms with van der Waals surface area (Å²) in [5.41, 5.74) is 24.9. The van der Waals surface area contributed by atoms with Crippen molar-refractivity contribution in [2.24, 2.45) is 0 Å². The van der Waals surface area contributed by atoms with E-state index < -0.39 is 0 Å². The number of hydrogen-bond donors (Lipinski definition) is 0. The molecule has 1 aliphatic rings.